The lowest BCUT2D eigenvalue weighted by atomic mass is 10.3. The number of benzene rings is 1. The van der Waals surface area contributed by atoms with Crippen LogP contribution in [0.1, 0.15) is 6.92 Å². The van der Waals surface area contributed by atoms with E-state index >= 15 is 0 Å². The van der Waals surface area contributed by atoms with Crippen molar-refractivity contribution < 1.29 is 17.0 Å². The number of hydrogen-bond donors (Lipinski definition) is 2. The van der Waals surface area contributed by atoms with Crippen LogP contribution < -0.4 is 10.5 Å². The largest absolute Gasteiger partial charge is 0.399 e. The van der Waals surface area contributed by atoms with Crippen LogP contribution in [-0.2, 0) is 20.8 Å². The summed E-state index contributed by atoms with van der Waals surface area (Å²) in [5.74, 6) is -0.767. The quantitative estimate of drug-likeness (QED) is 0.760. The molecule has 0 heterocycles. The highest BCUT2D eigenvalue weighted by Crippen LogP contribution is 2.26. The standard InChI is InChI=1S/C10H14BrFN2O3S2/c1-6(5-18(2)15)14-19(16,17)9-4-7(13)3-8(11)10(9)12/h3-4,6,14H,5,13H2,1-2H3. The van der Waals surface area contributed by atoms with E-state index in [2.05, 4.69) is 20.7 Å². The number of sulfonamides is 1. The van der Waals surface area contributed by atoms with E-state index in [0.29, 0.717) is 0 Å². The van der Waals surface area contributed by atoms with Gasteiger partial charge < -0.3 is 5.73 Å². The summed E-state index contributed by atoms with van der Waals surface area (Å²) in [5, 5.41) is 0. The van der Waals surface area contributed by atoms with E-state index in [1.54, 1.807) is 6.92 Å². The molecule has 1 aromatic rings. The van der Waals surface area contributed by atoms with Crippen molar-refractivity contribution in [3.63, 3.8) is 0 Å². The molecule has 0 bridgehead atoms. The SMILES string of the molecule is CC(CS(C)=O)NS(=O)(=O)c1cc(N)cc(Br)c1F. The lowest BCUT2D eigenvalue weighted by molar-refractivity contribution is 0.547. The van der Waals surface area contributed by atoms with Crippen LogP contribution in [0, 0.1) is 5.82 Å². The molecule has 19 heavy (non-hydrogen) atoms. The van der Waals surface area contributed by atoms with Crippen molar-refractivity contribution in [2.75, 3.05) is 17.7 Å². The zero-order valence-corrected chi connectivity index (χ0v) is 13.5. The molecule has 9 heteroatoms. The summed E-state index contributed by atoms with van der Waals surface area (Å²) in [6.45, 7) is 1.55. The van der Waals surface area contributed by atoms with Crippen LogP contribution in [0.3, 0.4) is 0 Å². The second-order valence-electron chi connectivity index (χ2n) is 4.08. The first-order valence-corrected chi connectivity index (χ1v) is 9.20. The maximum Gasteiger partial charge on any atom is 0.243 e. The Kier molecular flexibility index (Phi) is 5.48. The summed E-state index contributed by atoms with van der Waals surface area (Å²) >= 11 is 2.90. The summed E-state index contributed by atoms with van der Waals surface area (Å²) in [4.78, 5) is -0.534. The fourth-order valence-corrected chi connectivity index (χ4v) is 4.37. The van der Waals surface area contributed by atoms with Gasteiger partial charge in [0.1, 0.15) is 4.90 Å². The first-order chi connectivity index (χ1) is 8.63. The highest BCUT2D eigenvalue weighted by atomic mass is 79.9. The van der Waals surface area contributed by atoms with Gasteiger partial charge in [0.25, 0.3) is 0 Å². The van der Waals surface area contributed by atoms with Crippen molar-refractivity contribution in [3.05, 3.63) is 22.4 Å². The van der Waals surface area contributed by atoms with Crippen molar-refractivity contribution in [2.45, 2.75) is 17.9 Å². The fourth-order valence-electron chi connectivity index (χ4n) is 1.49. The minimum absolute atomic E-state index is 0.0282. The number of anilines is 1. The molecule has 1 aromatic carbocycles. The van der Waals surface area contributed by atoms with Gasteiger partial charge in [-0.2, -0.15) is 0 Å². The minimum atomic E-state index is -4.05. The van der Waals surface area contributed by atoms with Gasteiger partial charge >= 0.3 is 0 Å². The smallest absolute Gasteiger partial charge is 0.243 e. The third-order valence-corrected chi connectivity index (χ3v) is 5.28. The molecule has 0 aliphatic rings. The summed E-state index contributed by atoms with van der Waals surface area (Å²) in [6.07, 6.45) is 1.46. The topological polar surface area (TPSA) is 89.3 Å². The maximum atomic E-state index is 13.8. The Labute approximate surface area is 122 Å². The highest BCUT2D eigenvalue weighted by Gasteiger charge is 2.23. The highest BCUT2D eigenvalue weighted by molar-refractivity contribution is 9.10. The Morgan fingerprint density at radius 2 is 2.11 bits per heavy atom. The van der Waals surface area contributed by atoms with E-state index in [4.69, 9.17) is 5.73 Å². The summed E-state index contributed by atoms with van der Waals surface area (Å²) in [7, 11) is -5.21. The number of hydrogen-bond acceptors (Lipinski definition) is 4. The van der Waals surface area contributed by atoms with Crippen LogP contribution >= 0.6 is 15.9 Å². The number of rotatable bonds is 5. The number of halogens is 2. The molecule has 0 aliphatic heterocycles. The third-order valence-electron chi connectivity index (χ3n) is 2.15. The lowest BCUT2D eigenvalue weighted by Crippen LogP contribution is -2.36. The van der Waals surface area contributed by atoms with E-state index in [-0.39, 0.29) is 15.9 Å². The van der Waals surface area contributed by atoms with Crippen LogP contribution in [0.5, 0.6) is 0 Å². The Morgan fingerprint density at radius 3 is 2.63 bits per heavy atom. The van der Waals surface area contributed by atoms with E-state index in [9.17, 15) is 17.0 Å². The molecule has 2 unspecified atom stereocenters. The summed E-state index contributed by atoms with van der Waals surface area (Å²) in [6, 6.07) is 1.74. The molecule has 1 rings (SSSR count). The third kappa shape index (κ3) is 4.51. The van der Waals surface area contributed by atoms with Gasteiger partial charge in [0, 0.05) is 34.5 Å². The van der Waals surface area contributed by atoms with Crippen LogP contribution in [-0.4, -0.2) is 30.7 Å². The first-order valence-electron chi connectivity index (χ1n) is 5.20. The Bertz CT molecular complexity index is 607. The number of nitrogens with one attached hydrogen (secondary N) is 1. The van der Waals surface area contributed by atoms with Crippen molar-refractivity contribution in [2.24, 2.45) is 0 Å². The lowest BCUT2D eigenvalue weighted by Gasteiger charge is -2.14. The minimum Gasteiger partial charge on any atom is -0.399 e. The van der Waals surface area contributed by atoms with Crippen molar-refractivity contribution in [1.82, 2.24) is 4.72 Å². The summed E-state index contributed by atoms with van der Waals surface area (Å²) in [5.41, 5.74) is 5.62. The molecule has 3 N–H and O–H groups in total. The molecule has 0 amide bonds. The van der Waals surface area contributed by atoms with Crippen molar-refractivity contribution in [3.8, 4) is 0 Å². The average molecular weight is 373 g/mol. The van der Waals surface area contributed by atoms with Crippen LogP contribution in [0.4, 0.5) is 10.1 Å². The van der Waals surface area contributed by atoms with Crippen molar-refractivity contribution >= 4 is 42.4 Å². The molecule has 0 aliphatic carbocycles. The zero-order valence-electron chi connectivity index (χ0n) is 10.3. The zero-order chi connectivity index (χ0) is 14.8. The molecule has 0 aromatic heterocycles. The van der Waals surface area contributed by atoms with E-state index in [1.165, 1.54) is 12.3 Å². The molecule has 5 nitrogen and oxygen atoms in total. The van der Waals surface area contributed by atoms with Gasteiger partial charge in [0.05, 0.1) is 4.47 Å². The molecule has 0 saturated carbocycles. The van der Waals surface area contributed by atoms with E-state index < -0.39 is 37.6 Å². The predicted octanol–water partition coefficient (Wildman–Crippen LogP) is 1.22. The summed E-state index contributed by atoms with van der Waals surface area (Å²) < 4.78 is 51.1. The van der Waals surface area contributed by atoms with E-state index in [1.807, 2.05) is 0 Å². The fraction of sp³-hybridized carbons (Fsp3) is 0.400. The monoisotopic (exact) mass is 372 g/mol. The Morgan fingerprint density at radius 1 is 1.53 bits per heavy atom. The molecular formula is C10H14BrFN2O3S2. The van der Waals surface area contributed by atoms with Crippen molar-refractivity contribution in [1.29, 1.82) is 0 Å². The predicted molar refractivity (Wildman–Crippen MR) is 77.2 cm³/mol. The molecular weight excluding hydrogens is 359 g/mol. The molecule has 0 spiro atoms. The average Bonchev–Trinajstić information content (AvgIpc) is 2.20. The van der Waals surface area contributed by atoms with Crippen LogP contribution in [0.25, 0.3) is 0 Å². The van der Waals surface area contributed by atoms with Crippen LogP contribution in [0.2, 0.25) is 0 Å². The normalized spacial score (nSPS) is 15.2. The van der Waals surface area contributed by atoms with Gasteiger partial charge in [-0.15, -0.1) is 0 Å². The van der Waals surface area contributed by atoms with Gasteiger partial charge in [-0.05, 0) is 35.0 Å². The van der Waals surface area contributed by atoms with Crippen LogP contribution in [0.15, 0.2) is 21.5 Å². The molecule has 0 saturated heterocycles. The molecule has 108 valence electrons. The number of nitrogen functional groups attached to an aromatic ring is 1. The number of nitrogens with two attached hydrogens (primary N) is 1. The van der Waals surface area contributed by atoms with E-state index in [0.717, 1.165) is 6.07 Å². The molecule has 0 fully saturated rings. The molecule has 0 radical (unpaired) electrons. The second kappa shape index (κ2) is 6.29. The maximum absolute atomic E-state index is 13.8. The Hall–Kier alpha value is -0.510. The first kappa shape index (κ1) is 16.5. The van der Waals surface area contributed by atoms with Gasteiger partial charge in [-0.1, -0.05) is 0 Å². The second-order valence-corrected chi connectivity index (χ2v) is 8.09. The Balaban J connectivity index is 3.11. The van der Waals surface area contributed by atoms with Gasteiger partial charge in [-0.3, -0.25) is 4.21 Å². The van der Waals surface area contributed by atoms with Gasteiger partial charge in [0.15, 0.2) is 5.82 Å². The van der Waals surface area contributed by atoms with Gasteiger partial charge in [0.2, 0.25) is 10.0 Å². The van der Waals surface area contributed by atoms with Gasteiger partial charge in [-0.25, -0.2) is 17.5 Å². The molecule has 2 atom stereocenters.